The van der Waals surface area contributed by atoms with E-state index in [2.05, 4.69) is 21.4 Å². The number of carbonyl (C=O) groups excluding carboxylic acids is 1. The Morgan fingerprint density at radius 1 is 1.24 bits per heavy atom. The fourth-order valence-corrected chi connectivity index (χ4v) is 5.52. The SMILES string of the molecule is COc1ccc(-c2cc(C(F)(F)F)nc(SCC(=O)Nc3sc4c(c3C#N)CCCC4)n2)cc1. The molecule has 1 N–H and O–H groups in total. The maximum atomic E-state index is 13.4. The number of thioether (sulfide) groups is 1. The zero-order valence-corrected chi connectivity index (χ0v) is 19.7. The van der Waals surface area contributed by atoms with Gasteiger partial charge < -0.3 is 10.1 Å². The monoisotopic (exact) mass is 504 g/mol. The fourth-order valence-electron chi connectivity index (χ4n) is 3.61. The van der Waals surface area contributed by atoms with Gasteiger partial charge in [-0.3, -0.25) is 4.79 Å². The molecule has 0 atom stereocenters. The lowest BCUT2D eigenvalue weighted by Crippen LogP contribution is -2.15. The Balaban J connectivity index is 1.52. The summed E-state index contributed by atoms with van der Waals surface area (Å²) in [6.07, 6.45) is -0.924. The molecule has 1 aliphatic rings. The third-order valence-electron chi connectivity index (χ3n) is 5.25. The lowest BCUT2D eigenvalue weighted by Gasteiger charge is -2.11. The molecule has 0 bridgehead atoms. The van der Waals surface area contributed by atoms with E-state index in [0.717, 1.165) is 54.0 Å². The van der Waals surface area contributed by atoms with Crippen LogP contribution in [0, 0.1) is 11.3 Å². The van der Waals surface area contributed by atoms with Crippen molar-refractivity contribution in [3.05, 3.63) is 52.0 Å². The average Bonchev–Trinajstić information content (AvgIpc) is 3.18. The van der Waals surface area contributed by atoms with Crippen molar-refractivity contribution in [1.29, 1.82) is 5.26 Å². The highest BCUT2D eigenvalue weighted by atomic mass is 32.2. The topological polar surface area (TPSA) is 87.9 Å². The van der Waals surface area contributed by atoms with Gasteiger partial charge in [-0.2, -0.15) is 18.4 Å². The van der Waals surface area contributed by atoms with Crippen LogP contribution < -0.4 is 10.1 Å². The minimum absolute atomic E-state index is 0.0885. The molecule has 1 amide bonds. The quantitative estimate of drug-likeness (QED) is 0.342. The second-order valence-electron chi connectivity index (χ2n) is 7.51. The zero-order valence-electron chi connectivity index (χ0n) is 18.0. The van der Waals surface area contributed by atoms with Crippen LogP contribution >= 0.6 is 23.1 Å². The van der Waals surface area contributed by atoms with E-state index in [1.165, 1.54) is 18.4 Å². The van der Waals surface area contributed by atoms with Gasteiger partial charge in [0.05, 0.1) is 24.1 Å². The number of hydrogen-bond acceptors (Lipinski definition) is 7. The number of thiophene rings is 1. The lowest BCUT2D eigenvalue weighted by molar-refractivity contribution is -0.141. The summed E-state index contributed by atoms with van der Waals surface area (Å²) in [4.78, 5) is 21.5. The summed E-state index contributed by atoms with van der Waals surface area (Å²) in [6, 6.07) is 9.50. The molecule has 3 aromatic rings. The molecule has 0 radical (unpaired) electrons. The van der Waals surface area contributed by atoms with Crippen molar-refractivity contribution in [3.63, 3.8) is 0 Å². The first-order valence-electron chi connectivity index (χ1n) is 10.4. The number of nitrogens with one attached hydrogen (secondary N) is 1. The third-order valence-corrected chi connectivity index (χ3v) is 7.30. The van der Waals surface area contributed by atoms with E-state index in [1.54, 1.807) is 24.3 Å². The number of nitriles is 1. The summed E-state index contributed by atoms with van der Waals surface area (Å²) >= 11 is 2.20. The van der Waals surface area contributed by atoms with E-state index in [1.807, 2.05) is 0 Å². The van der Waals surface area contributed by atoms with Gasteiger partial charge in [0.25, 0.3) is 0 Å². The molecule has 2 heterocycles. The first-order valence-corrected chi connectivity index (χ1v) is 12.2. The van der Waals surface area contributed by atoms with Gasteiger partial charge >= 0.3 is 6.18 Å². The molecule has 2 aromatic heterocycles. The smallest absolute Gasteiger partial charge is 0.433 e. The molecule has 0 saturated carbocycles. The number of alkyl halides is 3. The number of hydrogen-bond donors (Lipinski definition) is 1. The highest BCUT2D eigenvalue weighted by Crippen LogP contribution is 2.38. The molecule has 11 heteroatoms. The van der Waals surface area contributed by atoms with Crippen LogP contribution in [0.25, 0.3) is 11.3 Å². The van der Waals surface area contributed by atoms with Crippen LogP contribution in [0.4, 0.5) is 18.2 Å². The van der Waals surface area contributed by atoms with Crippen molar-refractivity contribution >= 4 is 34.0 Å². The van der Waals surface area contributed by atoms with E-state index in [0.29, 0.717) is 21.9 Å². The second-order valence-corrected chi connectivity index (χ2v) is 9.56. The van der Waals surface area contributed by atoms with Crippen LogP contribution in [-0.2, 0) is 23.8 Å². The molecule has 1 aliphatic carbocycles. The molecule has 0 unspecified atom stereocenters. The lowest BCUT2D eigenvalue weighted by atomic mass is 9.96. The Morgan fingerprint density at radius 2 is 1.97 bits per heavy atom. The summed E-state index contributed by atoms with van der Waals surface area (Å²) in [7, 11) is 1.49. The molecule has 0 fully saturated rings. The molecular weight excluding hydrogens is 485 g/mol. The Kier molecular flexibility index (Phi) is 7.09. The van der Waals surface area contributed by atoms with Crippen molar-refractivity contribution in [2.45, 2.75) is 37.0 Å². The maximum absolute atomic E-state index is 13.4. The minimum Gasteiger partial charge on any atom is -0.497 e. The second kappa shape index (κ2) is 10.0. The normalized spacial score (nSPS) is 13.1. The minimum atomic E-state index is -4.67. The van der Waals surface area contributed by atoms with Crippen molar-refractivity contribution in [2.24, 2.45) is 0 Å². The van der Waals surface area contributed by atoms with Crippen LogP contribution in [0.5, 0.6) is 5.75 Å². The number of benzene rings is 1. The summed E-state index contributed by atoms with van der Waals surface area (Å²) in [5.41, 5.74) is 0.935. The molecule has 0 spiro atoms. The van der Waals surface area contributed by atoms with Crippen LogP contribution in [0.2, 0.25) is 0 Å². The number of carbonyl (C=O) groups is 1. The van der Waals surface area contributed by atoms with Gasteiger partial charge in [-0.1, -0.05) is 11.8 Å². The summed E-state index contributed by atoms with van der Waals surface area (Å²) in [5.74, 6) is -0.0733. The predicted octanol–water partition coefficient (Wildman–Crippen LogP) is 5.71. The first-order chi connectivity index (χ1) is 16.3. The highest BCUT2D eigenvalue weighted by Gasteiger charge is 2.34. The molecule has 34 heavy (non-hydrogen) atoms. The van der Waals surface area contributed by atoms with Crippen LogP contribution in [-0.4, -0.2) is 28.7 Å². The van der Waals surface area contributed by atoms with Crippen LogP contribution in [0.15, 0.2) is 35.5 Å². The Bertz CT molecular complexity index is 1250. The molecule has 176 valence electrons. The molecular formula is C23H19F3N4O2S2. The zero-order chi connectivity index (χ0) is 24.3. The molecule has 6 nitrogen and oxygen atoms in total. The van der Waals surface area contributed by atoms with Gasteiger partial charge in [-0.15, -0.1) is 11.3 Å². The van der Waals surface area contributed by atoms with Crippen LogP contribution in [0.3, 0.4) is 0 Å². The molecule has 0 aliphatic heterocycles. The number of fused-ring (bicyclic) bond motifs is 1. The predicted molar refractivity (Wildman–Crippen MR) is 124 cm³/mol. The van der Waals surface area contributed by atoms with Crippen molar-refractivity contribution in [2.75, 3.05) is 18.2 Å². The van der Waals surface area contributed by atoms with Gasteiger partial charge in [-0.25, -0.2) is 9.97 Å². The van der Waals surface area contributed by atoms with E-state index in [4.69, 9.17) is 4.74 Å². The number of anilines is 1. The molecule has 1 aromatic carbocycles. The van der Waals surface area contributed by atoms with Crippen molar-refractivity contribution < 1.29 is 22.7 Å². The summed E-state index contributed by atoms with van der Waals surface area (Å²) < 4.78 is 45.4. The number of aromatic nitrogens is 2. The molecule has 4 rings (SSSR count). The van der Waals surface area contributed by atoms with E-state index in [-0.39, 0.29) is 16.6 Å². The Labute approximate surface area is 202 Å². The van der Waals surface area contributed by atoms with Gasteiger partial charge in [0, 0.05) is 10.4 Å². The van der Waals surface area contributed by atoms with Crippen molar-refractivity contribution in [3.8, 4) is 23.1 Å². The number of halogens is 3. The van der Waals surface area contributed by atoms with Gasteiger partial charge in [0.2, 0.25) is 5.91 Å². The standard InChI is InChI=1S/C23H19F3N4O2S2/c1-32-14-8-6-13(7-9-14)17-10-19(23(24,25)26)29-22(28-17)33-12-20(31)30-21-16(11-27)15-4-2-3-5-18(15)34-21/h6-10H,2-5,12H2,1H3,(H,30,31). The average molecular weight is 505 g/mol. The maximum Gasteiger partial charge on any atom is 0.433 e. The van der Waals surface area contributed by atoms with Crippen LogP contribution in [0.1, 0.15) is 34.5 Å². The number of nitrogens with zero attached hydrogens (tertiary/aromatic N) is 3. The number of rotatable bonds is 6. The number of amides is 1. The van der Waals surface area contributed by atoms with Gasteiger partial charge in [-0.05, 0) is 61.6 Å². The van der Waals surface area contributed by atoms with Gasteiger partial charge in [0.15, 0.2) is 5.16 Å². The summed E-state index contributed by atoms with van der Waals surface area (Å²) in [6.45, 7) is 0. The van der Waals surface area contributed by atoms with E-state index in [9.17, 15) is 23.2 Å². The van der Waals surface area contributed by atoms with Crippen molar-refractivity contribution in [1.82, 2.24) is 9.97 Å². The van der Waals surface area contributed by atoms with Gasteiger partial charge in [0.1, 0.15) is 22.5 Å². The Hall–Kier alpha value is -3.10. The largest absolute Gasteiger partial charge is 0.497 e. The van der Waals surface area contributed by atoms with E-state index < -0.39 is 17.8 Å². The first kappa shape index (κ1) is 24.0. The molecule has 0 saturated heterocycles. The summed E-state index contributed by atoms with van der Waals surface area (Å²) in [5, 5.41) is 12.6. The fraction of sp³-hybridized carbons (Fsp3) is 0.304. The highest BCUT2D eigenvalue weighted by molar-refractivity contribution is 7.99. The number of aryl methyl sites for hydroxylation is 1. The Morgan fingerprint density at radius 3 is 2.65 bits per heavy atom. The number of methoxy groups -OCH3 is 1. The number of ether oxygens (including phenoxy) is 1. The third kappa shape index (κ3) is 5.34. The van der Waals surface area contributed by atoms with E-state index >= 15 is 0 Å².